The second kappa shape index (κ2) is 7.48. The zero-order chi connectivity index (χ0) is 19.4. The van der Waals surface area contributed by atoms with Crippen LogP contribution in [0.1, 0.15) is 21.7 Å². The van der Waals surface area contributed by atoms with Crippen molar-refractivity contribution in [2.45, 2.75) is 6.92 Å². The van der Waals surface area contributed by atoms with E-state index in [4.69, 9.17) is 4.52 Å². The van der Waals surface area contributed by atoms with Gasteiger partial charge in [0.05, 0.1) is 11.1 Å². The minimum absolute atomic E-state index is 0.0187. The van der Waals surface area contributed by atoms with Crippen LogP contribution < -0.4 is 10.5 Å². The summed E-state index contributed by atoms with van der Waals surface area (Å²) in [6, 6.07) is 12.3. The monoisotopic (exact) mass is 365 g/mol. The Morgan fingerprint density at radius 3 is 2.70 bits per heavy atom. The Morgan fingerprint density at radius 1 is 1.26 bits per heavy atom. The van der Waals surface area contributed by atoms with E-state index in [1.165, 1.54) is 0 Å². The zero-order valence-corrected chi connectivity index (χ0v) is 14.1. The Bertz CT molecular complexity index is 1030. The van der Waals surface area contributed by atoms with E-state index in [0.717, 1.165) is 24.4 Å². The molecule has 0 fully saturated rings. The van der Waals surface area contributed by atoms with Crippen LogP contribution in [-0.2, 0) is 0 Å². The maximum atomic E-state index is 12.5. The lowest BCUT2D eigenvalue weighted by molar-refractivity contribution is -0.385. The predicted octanol–water partition coefficient (Wildman–Crippen LogP) is 2.40. The molecule has 0 radical (unpaired) electrons. The van der Waals surface area contributed by atoms with Crippen LogP contribution in [-0.4, -0.2) is 22.2 Å². The molecule has 0 unspecified atom stereocenters. The van der Waals surface area contributed by atoms with E-state index in [1.54, 1.807) is 31.2 Å². The second-order valence-corrected chi connectivity index (χ2v) is 5.51. The van der Waals surface area contributed by atoms with E-state index >= 15 is 0 Å². The van der Waals surface area contributed by atoms with Crippen LogP contribution in [0, 0.1) is 17.0 Å². The number of non-ortho nitro benzene ring substituents is 1. The lowest BCUT2D eigenvalue weighted by atomic mass is 10.1. The van der Waals surface area contributed by atoms with Gasteiger partial charge in [-0.2, -0.15) is 5.10 Å². The SMILES string of the molecule is Cc1onc(-c2ccccc2)c1C(=O)N/N=C\c1cc([N+](=O)[O-])ccc1[O-]. The average Bonchev–Trinajstić information content (AvgIpc) is 3.05. The van der Waals surface area contributed by atoms with E-state index in [9.17, 15) is 20.0 Å². The van der Waals surface area contributed by atoms with Crippen molar-refractivity contribution in [2.75, 3.05) is 0 Å². The fourth-order valence-corrected chi connectivity index (χ4v) is 2.40. The highest BCUT2D eigenvalue weighted by Crippen LogP contribution is 2.25. The van der Waals surface area contributed by atoms with Gasteiger partial charge < -0.3 is 9.63 Å². The second-order valence-electron chi connectivity index (χ2n) is 5.51. The van der Waals surface area contributed by atoms with Crippen LogP contribution in [0.25, 0.3) is 11.3 Å². The number of hydrazone groups is 1. The zero-order valence-electron chi connectivity index (χ0n) is 14.1. The third-order valence-corrected chi connectivity index (χ3v) is 3.71. The quantitative estimate of drug-likeness (QED) is 0.419. The minimum atomic E-state index is -0.623. The van der Waals surface area contributed by atoms with Gasteiger partial charge in [-0.1, -0.05) is 47.3 Å². The Hall–Kier alpha value is -4.01. The highest BCUT2D eigenvalue weighted by atomic mass is 16.6. The molecule has 2 aromatic carbocycles. The van der Waals surface area contributed by atoms with Gasteiger partial charge in [-0.05, 0) is 12.5 Å². The third kappa shape index (κ3) is 3.82. The van der Waals surface area contributed by atoms with Crippen molar-refractivity contribution in [1.29, 1.82) is 0 Å². The summed E-state index contributed by atoms with van der Waals surface area (Å²) in [6.45, 7) is 1.59. The molecule has 0 atom stereocenters. The number of carbonyl (C=O) groups excluding carboxylic acids is 1. The Labute approximate surface area is 153 Å². The highest BCUT2D eigenvalue weighted by molar-refractivity contribution is 6.01. The number of aryl methyl sites for hydroxylation is 1. The van der Waals surface area contributed by atoms with Crippen LogP contribution in [0.15, 0.2) is 58.2 Å². The lowest BCUT2D eigenvalue weighted by Gasteiger charge is -2.08. The van der Waals surface area contributed by atoms with Crippen LogP contribution in [0.4, 0.5) is 5.69 Å². The molecule has 1 aromatic heterocycles. The average molecular weight is 365 g/mol. The molecule has 9 nitrogen and oxygen atoms in total. The molecule has 1 heterocycles. The number of benzene rings is 2. The first-order chi connectivity index (χ1) is 13.0. The molecule has 3 aromatic rings. The fourth-order valence-electron chi connectivity index (χ4n) is 2.40. The molecule has 1 N–H and O–H groups in total. The van der Waals surface area contributed by atoms with Gasteiger partial charge >= 0.3 is 0 Å². The molecular formula is C18H13N4O5-. The van der Waals surface area contributed by atoms with Crippen molar-refractivity contribution in [3.05, 3.63) is 75.5 Å². The number of hydrogen-bond acceptors (Lipinski definition) is 7. The largest absolute Gasteiger partial charge is 0.872 e. The highest BCUT2D eigenvalue weighted by Gasteiger charge is 2.21. The van der Waals surface area contributed by atoms with E-state index in [1.807, 2.05) is 6.07 Å². The van der Waals surface area contributed by atoms with Crippen molar-refractivity contribution < 1.29 is 19.3 Å². The number of nitro groups is 1. The summed E-state index contributed by atoms with van der Waals surface area (Å²) < 4.78 is 5.11. The molecule has 0 bridgehead atoms. The van der Waals surface area contributed by atoms with Crippen LogP contribution in [0.2, 0.25) is 0 Å². The molecule has 0 aliphatic rings. The molecule has 0 aliphatic heterocycles. The maximum absolute atomic E-state index is 12.5. The summed E-state index contributed by atoms with van der Waals surface area (Å²) in [6.07, 6.45) is 1.05. The number of nitrogens with zero attached hydrogens (tertiary/aromatic N) is 3. The number of hydrogen-bond donors (Lipinski definition) is 1. The summed E-state index contributed by atoms with van der Waals surface area (Å²) in [7, 11) is 0. The molecule has 0 aliphatic carbocycles. The molecule has 9 heteroatoms. The standard InChI is InChI=1S/C18H14N4O5/c1-11-16(17(21-27-11)12-5-3-2-4-6-12)18(24)20-19-10-13-9-14(22(25)26)7-8-15(13)23/h2-10,23H,1H3,(H,20,24)/p-1/b19-10-. The molecule has 136 valence electrons. The van der Waals surface area contributed by atoms with Gasteiger partial charge in [0, 0.05) is 17.7 Å². The van der Waals surface area contributed by atoms with E-state index in [2.05, 4.69) is 15.7 Å². The molecule has 1 amide bonds. The first-order valence-electron chi connectivity index (χ1n) is 7.78. The lowest BCUT2D eigenvalue weighted by Crippen LogP contribution is -2.19. The number of nitrogens with one attached hydrogen (secondary N) is 1. The summed E-state index contributed by atoms with van der Waals surface area (Å²) in [5.41, 5.74) is 3.28. The number of nitro benzene ring substituents is 1. The maximum Gasteiger partial charge on any atom is 0.277 e. The number of carbonyl (C=O) groups is 1. The van der Waals surface area contributed by atoms with Gasteiger partial charge in [-0.15, -0.1) is 0 Å². The summed E-state index contributed by atoms with van der Waals surface area (Å²) in [4.78, 5) is 22.6. The first-order valence-corrected chi connectivity index (χ1v) is 7.78. The van der Waals surface area contributed by atoms with E-state index < -0.39 is 16.6 Å². The van der Waals surface area contributed by atoms with Crippen LogP contribution in [0.3, 0.4) is 0 Å². The smallest absolute Gasteiger partial charge is 0.277 e. The minimum Gasteiger partial charge on any atom is -0.872 e. The van der Waals surface area contributed by atoms with Crippen molar-refractivity contribution in [2.24, 2.45) is 5.10 Å². The van der Waals surface area contributed by atoms with Gasteiger partial charge in [0.15, 0.2) is 0 Å². The van der Waals surface area contributed by atoms with Crippen LogP contribution in [0.5, 0.6) is 5.75 Å². The van der Waals surface area contributed by atoms with E-state index in [0.29, 0.717) is 17.0 Å². The molecule has 0 spiro atoms. The van der Waals surface area contributed by atoms with E-state index in [-0.39, 0.29) is 16.8 Å². The number of amides is 1. The Morgan fingerprint density at radius 2 is 2.00 bits per heavy atom. The number of rotatable bonds is 5. The van der Waals surface area contributed by atoms with Crippen LogP contribution >= 0.6 is 0 Å². The van der Waals surface area contributed by atoms with Gasteiger partial charge in [-0.25, -0.2) is 5.43 Å². The molecular weight excluding hydrogens is 352 g/mol. The van der Waals surface area contributed by atoms with Gasteiger partial charge in [0.25, 0.3) is 11.6 Å². The molecule has 0 saturated carbocycles. The van der Waals surface area contributed by atoms with Crippen molar-refractivity contribution >= 4 is 17.8 Å². The molecule has 27 heavy (non-hydrogen) atoms. The van der Waals surface area contributed by atoms with Crippen molar-refractivity contribution in [1.82, 2.24) is 10.6 Å². The van der Waals surface area contributed by atoms with Crippen molar-refractivity contribution in [3.8, 4) is 17.0 Å². The fraction of sp³-hybridized carbons (Fsp3) is 0.0556. The summed E-state index contributed by atoms with van der Waals surface area (Å²) in [5.74, 6) is -0.729. The molecule has 0 saturated heterocycles. The third-order valence-electron chi connectivity index (χ3n) is 3.71. The summed E-state index contributed by atoms with van der Waals surface area (Å²) in [5, 5.41) is 30.1. The predicted molar refractivity (Wildman–Crippen MR) is 94.3 cm³/mol. The Kier molecular flexibility index (Phi) is 4.93. The topological polar surface area (TPSA) is 134 Å². The van der Waals surface area contributed by atoms with Crippen molar-refractivity contribution in [3.63, 3.8) is 0 Å². The van der Waals surface area contributed by atoms with Gasteiger partial charge in [0.2, 0.25) is 0 Å². The molecule has 3 rings (SSSR count). The first kappa shape index (κ1) is 17.8. The number of aromatic nitrogens is 1. The Balaban J connectivity index is 1.82. The van der Waals surface area contributed by atoms with Gasteiger partial charge in [0.1, 0.15) is 17.0 Å². The summed E-state index contributed by atoms with van der Waals surface area (Å²) >= 11 is 0. The normalized spacial score (nSPS) is 10.9. The van der Waals surface area contributed by atoms with Gasteiger partial charge in [-0.3, -0.25) is 14.9 Å².